The van der Waals surface area contributed by atoms with Gasteiger partial charge in [0.05, 0.1) is 30.3 Å². The van der Waals surface area contributed by atoms with Crippen molar-refractivity contribution in [3.8, 4) is 28.3 Å². The highest BCUT2D eigenvalue weighted by Crippen LogP contribution is 2.51. The smallest absolute Gasteiger partial charge is 0.120 e. The van der Waals surface area contributed by atoms with E-state index in [0.717, 1.165) is 44.0 Å². The Morgan fingerprint density at radius 2 is 1.43 bits per heavy atom. The van der Waals surface area contributed by atoms with Gasteiger partial charge >= 0.3 is 0 Å². The van der Waals surface area contributed by atoms with E-state index in [1.165, 1.54) is 33.0 Å². The topological polar surface area (TPSA) is 23.4 Å². The average molecular weight is 504 g/mol. The fourth-order valence-corrected chi connectivity index (χ4v) is 6.37. The SMILES string of the molecule is COc1ccc2c(c1)C(C)(C)c1cc3ccc(-n4c5cc(OC)ccc5c5cccc(Cl)c54)cc3cc1-2. The summed E-state index contributed by atoms with van der Waals surface area (Å²) in [5, 5.41) is 5.42. The average Bonchev–Trinajstić information content (AvgIpc) is 3.36. The van der Waals surface area contributed by atoms with Crippen LogP contribution in [0.25, 0.3) is 49.4 Å². The van der Waals surface area contributed by atoms with Crippen LogP contribution in [0.4, 0.5) is 0 Å². The van der Waals surface area contributed by atoms with Gasteiger partial charge in [-0.1, -0.05) is 49.7 Å². The van der Waals surface area contributed by atoms with Crippen molar-refractivity contribution in [3.63, 3.8) is 0 Å². The van der Waals surface area contributed by atoms with Crippen LogP contribution in [0.1, 0.15) is 25.0 Å². The van der Waals surface area contributed by atoms with Crippen LogP contribution in [0.15, 0.2) is 84.9 Å². The molecule has 5 aromatic carbocycles. The van der Waals surface area contributed by atoms with Crippen molar-refractivity contribution in [2.24, 2.45) is 0 Å². The summed E-state index contributed by atoms with van der Waals surface area (Å²) in [4.78, 5) is 0. The van der Waals surface area contributed by atoms with Crippen LogP contribution in [0.5, 0.6) is 11.5 Å². The predicted molar refractivity (Wildman–Crippen MR) is 154 cm³/mol. The second-order valence-corrected chi connectivity index (χ2v) is 10.7. The van der Waals surface area contributed by atoms with Gasteiger partial charge in [-0.2, -0.15) is 0 Å². The molecule has 1 heterocycles. The molecule has 0 saturated heterocycles. The highest BCUT2D eigenvalue weighted by Gasteiger charge is 2.36. The fourth-order valence-electron chi connectivity index (χ4n) is 6.11. The highest BCUT2D eigenvalue weighted by atomic mass is 35.5. The van der Waals surface area contributed by atoms with Crippen LogP contribution in [-0.2, 0) is 5.41 Å². The molecule has 1 aliphatic rings. The number of aromatic nitrogens is 1. The Labute approximate surface area is 220 Å². The van der Waals surface area contributed by atoms with Crippen molar-refractivity contribution in [3.05, 3.63) is 101 Å². The third-order valence-electron chi connectivity index (χ3n) is 8.03. The van der Waals surface area contributed by atoms with E-state index >= 15 is 0 Å². The van der Waals surface area contributed by atoms with Crippen molar-refractivity contribution in [2.45, 2.75) is 19.3 Å². The Bertz CT molecular complexity index is 1900. The first kappa shape index (κ1) is 22.3. The van der Waals surface area contributed by atoms with Gasteiger partial charge in [-0.05, 0) is 87.6 Å². The Morgan fingerprint density at radius 1 is 0.676 bits per heavy atom. The van der Waals surface area contributed by atoms with Gasteiger partial charge < -0.3 is 14.0 Å². The van der Waals surface area contributed by atoms with Crippen molar-refractivity contribution in [1.29, 1.82) is 0 Å². The molecule has 0 atom stereocenters. The molecule has 37 heavy (non-hydrogen) atoms. The van der Waals surface area contributed by atoms with Crippen LogP contribution in [0, 0.1) is 0 Å². The molecule has 6 aromatic rings. The number of para-hydroxylation sites is 1. The lowest BCUT2D eigenvalue weighted by molar-refractivity contribution is 0.413. The number of nitrogens with zero attached hydrogens (tertiary/aromatic N) is 1. The van der Waals surface area contributed by atoms with Gasteiger partial charge in [-0.25, -0.2) is 0 Å². The van der Waals surface area contributed by atoms with Crippen molar-refractivity contribution in [1.82, 2.24) is 4.57 Å². The lowest BCUT2D eigenvalue weighted by Gasteiger charge is -2.22. The molecule has 0 unspecified atom stereocenters. The molecular weight excluding hydrogens is 478 g/mol. The third kappa shape index (κ3) is 3.07. The van der Waals surface area contributed by atoms with Gasteiger partial charge in [0.25, 0.3) is 0 Å². The molecule has 0 amide bonds. The largest absolute Gasteiger partial charge is 0.497 e. The molecule has 0 N–H and O–H groups in total. The molecular formula is C33H26ClNO2. The summed E-state index contributed by atoms with van der Waals surface area (Å²) >= 11 is 6.80. The molecule has 1 aliphatic carbocycles. The van der Waals surface area contributed by atoms with E-state index in [1.54, 1.807) is 14.2 Å². The first-order valence-corrected chi connectivity index (χ1v) is 12.8. The maximum absolute atomic E-state index is 6.80. The monoisotopic (exact) mass is 503 g/mol. The standard InChI is InChI=1S/C33H26ClNO2/c1-33(2)28-16-19-8-9-21(14-20(19)15-27(28)24-12-10-22(36-3)17-29(24)33)35-31-18-23(37-4)11-13-25(31)26-6-5-7-30(34)32(26)35/h5-18H,1-4H3. The van der Waals surface area contributed by atoms with Crippen molar-refractivity contribution in [2.75, 3.05) is 14.2 Å². The lowest BCUT2D eigenvalue weighted by Crippen LogP contribution is -2.15. The first-order chi connectivity index (χ1) is 17.9. The van der Waals surface area contributed by atoms with Crippen molar-refractivity contribution < 1.29 is 9.47 Å². The quantitative estimate of drug-likeness (QED) is 0.240. The number of rotatable bonds is 3. The molecule has 7 rings (SSSR count). The summed E-state index contributed by atoms with van der Waals surface area (Å²) in [6.45, 7) is 4.59. The molecule has 0 saturated carbocycles. The molecule has 0 bridgehead atoms. The number of methoxy groups -OCH3 is 2. The van der Waals surface area contributed by atoms with Crippen molar-refractivity contribution >= 4 is 44.2 Å². The zero-order chi connectivity index (χ0) is 25.5. The Hall–Kier alpha value is -3.95. The lowest BCUT2D eigenvalue weighted by atomic mass is 9.82. The fraction of sp³-hybridized carbons (Fsp3) is 0.152. The van der Waals surface area contributed by atoms with Crippen LogP contribution in [0.3, 0.4) is 0 Å². The van der Waals surface area contributed by atoms with E-state index in [-0.39, 0.29) is 5.41 Å². The molecule has 3 nitrogen and oxygen atoms in total. The Kier molecular flexibility index (Phi) is 4.68. The van der Waals surface area contributed by atoms with Gasteiger partial charge in [0.1, 0.15) is 11.5 Å². The third-order valence-corrected chi connectivity index (χ3v) is 8.33. The zero-order valence-corrected chi connectivity index (χ0v) is 22.0. The number of hydrogen-bond acceptors (Lipinski definition) is 2. The molecule has 0 fully saturated rings. The number of fused-ring (bicyclic) bond motifs is 7. The van der Waals surface area contributed by atoms with Gasteiger partial charge in [0, 0.05) is 27.9 Å². The van der Waals surface area contributed by atoms with Gasteiger partial charge in [0.15, 0.2) is 0 Å². The molecule has 0 spiro atoms. The minimum Gasteiger partial charge on any atom is -0.497 e. The minimum absolute atomic E-state index is 0.0943. The second kappa shape index (κ2) is 7.77. The normalized spacial score (nSPS) is 13.8. The van der Waals surface area contributed by atoms with Gasteiger partial charge in [0.2, 0.25) is 0 Å². The Balaban J connectivity index is 1.50. The van der Waals surface area contributed by atoms with Crippen LogP contribution in [0.2, 0.25) is 5.02 Å². The van der Waals surface area contributed by atoms with E-state index in [0.29, 0.717) is 0 Å². The van der Waals surface area contributed by atoms with Crippen LogP contribution in [-0.4, -0.2) is 18.8 Å². The zero-order valence-electron chi connectivity index (χ0n) is 21.2. The Morgan fingerprint density at radius 3 is 2.24 bits per heavy atom. The highest BCUT2D eigenvalue weighted by molar-refractivity contribution is 6.36. The molecule has 182 valence electrons. The van der Waals surface area contributed by atoms with E-state index in [4.69, 9.17) is 21.1 Å². The summed E-state index contributed by atoms with van der Waals surface area (Å²) in [5.41, 5.74) is 8.27. The minimum atomic E-state index is -0.0943. The molecule has 4 heteroatoms. The predicted octanol–water partition coefficient (Wildman–Crippen LogP) is 8.91. The number of halogens is 1. The maximum Gasteiger partial charge on any atom is 0.120 e. The van der Waals surface area contributed by atoms with Gasteiger partial charge in [-0.3, -0.25) is 0 Å². The second-order valence-electron chi connectivity index (χ2n) is 10.3. The van der Waals surface area contributed by atoms with E-state index < -0.39 is 0 Å². The molecule has 0 radical (unpaired) electrons. The number of hydrogen-bond donors (Lipinski definition) is 0. The van der Waals surface area contributed by atoms with E-state index in [2.05, 4.69) is 85.1 Å². The van der Waals surface area contributed by atoms with E-state index in [1.807, 2.05) is 18.2 Å². The molecule has 0 aliphatic heterocycles. The number of ether oxygens (including phenoxy) is 2. The summed E-state index contributed by atoms with van der Waals surface area (Å²) < 4.78 is 13.4. The summed E-state index contributed by atoms with van der Waals surface area (Å²) in [7, 11) is 3.43. The summed E-state index contributed by atoms with van der Waals surface area (Å²) in [6, 6.07) is 30.1. The summed E-state index contributed by atoms with van der Waals surface area (Å²) in [6.07, 6.45) is 0. The van der Waals surface area contributed by atoms with Crippen LogP contribution < -0.4 is 9.47 Å². The number of benzene rings is 5. The maximum atomic E-state index is 6.80. The van der Waals surface area contributed by atoms with Gasteiger partial charge in [-0.15, -0.1) is 0 Å². The summed E-state index contributed by atoms with van der Waals surface area (Å²) in [5.74, 6) is 1.71. The molecule has 1 aromatic heterocycles. The van der Waals surface area contributed by atoms with Crippen LogP contribution >= 0.6 is 11.6 Å². The first-order valence-electron chi connectivity index (χ1n) is 12.4. The van der Waals surface area contributed by atoms with E-state index in [9.17, 15) is 0 Å².